The van der Waals surface area contributed by atoms with Crippen molar-refractivity contribution in [3.63, 3.8) is 0 Å². The van der Waals surface area contributed by atoms with Gasteiger partial charge < -0.3 is 10.1 Å². The number of benzene rings is 1. The predicted molar refractivity (Wildman–Crippen MR) is 83.0 cm³/mol. The van der Waals surface area contributed by atoms with Gasteiger partial charge in [-0.25, -0.2) is 4.79 Å². The topological polar surface area (TPSA) is 75.7 Å². The van der Waals surface area contributed by atoms with Gasteiger partial charge in [-0.05, 0) is 30.9 Å². The molecule has 3 atom stereocenters. The van der Waals surface area contributed by atoms with Crippen molar-refractivity contribution in [3.8, 4) is 0 Å². The van der Waals surface area contributed by atoms with E-state index in [0.29, 0.717) is 6.54 Å². The second-order valence-electron chi connectivity index (χ2n) is 6.33. The maximum absolute atomic E-state index is 13.1. The van der Waals surface area contributed by atoms with Crippen LogP contribution in [0, 0.1) is 5.92 Å². The Bertz CT molecular complexity index is 750. The van der Waals surface area contributed by atoms with E-state index in [1.165, 1.54) is 25.1 Å². The number of amides is 3. The molecule has 140 valence electrons. The van der Waals surface area contributed by atoms with Gasteiger partial charge >= 0.3 is 18.2 Å². The van der Waals surface area contributed by atoms with Crippen molar-refractivity contribution in [1.82, 2.24) is 10.2 Å². The Hall–Kier alpha value is -2.58. The summed E-state index contributed by atoms with van der Waals surface area (Å²) in [5.74, 6) is -2.69. The molecule has 3 amide bonds. The third-order valence-electron chi connectivity index (χ3n) is 4.52. The molecule has 1 aliphatic heterocycles. The van der Waals surface area contributed by atoms with Crippen molar-refractivity contribution < 1.29 is 32.3 Å². The highest BCUT2D eigenvalue weighted by Gasteiger charge is 2.49. The van der Waals surface area contributed by atoms with Crippen LogP contribution >= 0.6 is 0 Å². The van der Waals surface area contributed by atoms with E-state index in [2.05, 4.69) is 5.32 Å². The van der Waals surface area contributed by atoms with Gasteiger partial charge in [-0.3, -0.25) is 14.5 Å². The van der Waals surface area contributed by atoms with Crippen LogP contribution in [0.5, 0.6) is 0 Å². The van der Waals surface area contributed by atoms with Crippen LogP contribution in [0.2, 0.25) is 0 Å². The van der Waals surface area contributed by atoms with E-state index in [0.717, 1.165) is 11.0 Å². The van der Waals surface area contributed by atoms with Gasteiger partial charge in [-0.15, -0.1) is 0 Å². The summed E-state index contributed by atoms with van der Waals surface area (Å²) in [6.07, 6.45) is -5.44. The van der Waals surface area contributed by atoms with E-state index in [-0.39, 0.29) is 18.5 Å². The predicted octanol–water partition coefficient (Wildman–Crippen LogP) is 2.29. The summed E-state index contributed by atoms with van der Waals surface area (Å²) >= 11 is 0. The lowest BCUT2D eigenvalue weighted by atomic mass is 10.0. The fourth-order valence-corrected chi connectivity index (χ4v) is 3.09. The van der Waals surface area contributed by atoms with Crippen molar-refractivity contribution >= 4 is 17.9 Å². The lowest BCUT2D eigenvalue weighted by molar-refractivity contribution is -0.158. The highest BCUT2D eigenvalue weighted by Crippen LogP contribution is 2.51. The molecule has 2 fully saturated rings. The number of ether oxygens (including phenoxy) is 1. The molecule has 1 N–H and O–H groups in total. The second-order valence-corrected chi connectivity index (χ2v) is 6.33. The van der Waals surface area contributed by atoms with Crippen molar-refractivity contribution in [2.45, 2.75) is 31.5 Å². The number of urea groups is 1. The van der Waals surface area contributed by atoms with E-state index in [1.807, 2.05) is 0 Å². The van der Waals surface area contributed by atoms with Gasteiger partial charge in [0, 0.05) is 13.1 Å². The van der Waals surface area contributed by atoms with Crippen molar-refractivity contribution in [2.75, 3.05) is 13.1 Å². The number of halogens is 3. The third kappa shape index (κ3) is 3.51. The standard InChI is InChI=1S/C17H17F3N2O4/c1-9(14(23)22-7-6-21-16(22)25)26-15(24)12-8-11(12)10-4-2-3-5-13(10)17(18,19)20/h2-5,9,11-12H,6-8H2,1H3,(H,21,25)/t9-,11+,12+/m0/s1. The quantitative estimate of drug-likeness (QED) is 0.826. The Morgan fingerprint density at radius 3 is 2.62 bits per heavy atom. The van der Waals surface area contributed by atoms with Crippen molar-refractivity contribution in [1.29, 1.82) is 0 Å². The average molecular weight is 370 g/mol. The van der Waals surface area contributed by atoms with Crippen LogP contribution in [0.25, 0.3) is 0 Å². The van der Waals surface area contributed by atoms with E-state index < -0.39 is 47.6 Å². The first-order valence-electron chi connectivity index (χ1n) is 8.16. The van der Waals surface area contributed by atoms with Crippen LogP contribution in [0.15, 0.2) is 24.3 Å². The summed E-state index contributed by atoms with van der Waals surface area (Å²) in [7, 11) is 0. The van der Waals surface area contributed by atoms with Gasteiger partial charge in [0.1, 0.15) is 0 Å². The number of hydrogen-bond acceptors (Lipinski definition) is 4. The van der Waals surface area contributed by atoms with E-state index in [1.54, 1.807) is 0 Å². The Kier molecular flexibility index (Phi) is 4.64. The molecule has 1 heterocycles. The number of nitrogens with one attached hydrogen (secondary N) is 1. The maximum Gasteiger partial charge on any atom is 0.416 e. The maximum atomic E-state index is 13.1. The summed E-state index contributed by atoms with van der Waals surface area (Å²) in [5.41, 5.74) is -0.710. The lowest BCUT2D eigenvalue weighted by Crippen LogP contribution is -2.42. The number of hydrogen-bond donors (Lipinski definition) is 1. The smallest absolute Gasteiger partial charge is 0.416 e. The monoisotopic (exact) mass is 370 g/mol. The Labute approximate surface area is 147 Å². The molecule has 26 heavy (non-hydrogen) atoms. The number of alkyl halides is 3. The van der Waals surface area contributed by atoms with Gasteiger partial charge in [0.05, 0.1) is 11.5 Å². The molecular formula is C17H17F3N2O4. The molecule has 0 bridgehead atoms. The van der Waals surface area contributed by atoms with Crippen LogP contribution in [-0.4, -0.2) is 42.0 Å². The summed E-state index contributed by atoms with van der Waals surface area (Å²) in [6, 6.07) is 4.56. The lowest BCUT2D eigenvalue weighted by Gasteiger charge is -2.18. The largest absolute Gasteiger partial charge is 0.452 e. The minimum Gasteiger partial charge on any atom is -0.452 e. The fraction of sp³-hybridized carbons (Fsp3) is 0.471. The Morgan fingerprint density at radius 1 is 1.31 bits per heavy atom. The van der Waals surface area contributed by atoms with E-state index in [4.69, 9.17) is 4.74 Å². The summed E-state index contributed by atoms with van der Waals surface area (Å²) in [4.78, 5) is 36.7. The summed E-state index contributed by atoms with van der Waals surface area (Å²) in [6.45, 7) is 1.85. The number of nitrogens with zero attached hydrogens (tertiary/aromatic N) is 1. The van der Waals surface area contributed by atoms with Crippen LogP contribution in [0.4, 0.5) is 18.0 Å². The molecule has 0 radical (unpaired) electrons. The molecule has 6 nitrogen and oxygen atoms in total. The molecule has 0 spiro atoms. The molecule has 1 saturated heterocycles. The van der Waals surface area contributed by atoms with Crippen molar-refractivity contribution in [2.24, 2.45) is 5.92 Å². The molecule has 1 aromatic rings. The SMILES string of the molecule is C[C@H](OC(=O)[C@@H]1C[C@@H]1c1ccccc1C(F)(F)F)C(=O)N1CCNC1=O. The first-order valence-corrected chi connectivity index (χ1v) is 8.16. The zero-order chi connectivity index (χ0) is 19.1. The van der Waals surface area contributed by atoms with E-state index in [9.17, 15) is 27.6 Å². The third-order valence-corrected chi connectivity index (χ3v) is 4.52. The zero-order valence-corrected chi connectivity index (χ0v) is 13.9. The number of carbonyl (C=O) groups excluding carboxylic acids is 3. The van der Waals surface area contributed by atoms with Gasteiger partial charge in [0.2, 0.25) is 0 Å². The normalized spacial score (nSPS) is 23.4. The summed E-state index contributed by atoms with van der Waals surface area (Å²) < 4.78 is 44.3. The molecule has 1 saturated carbocycles. The molecule has 0 unspecified atom stereocenters. The zero-order valence-electron chi connectivity index (χ0n) is 13.9. The number of esters is 1. The number of imide groups is 1. The highest BCUT2D eigenvalue weighted by atomic mass is 19.4. The fourth-order valence-electron chi connectivity index (χ4n) is 3.09. The van der Waals surface area contributed by atoms with Crippen LogP contribution in [-0.2, 0) is 20.5 Å². The molecule has 1 aliphatic carbocycles. The first kappa shape index (κ1) is 18.2. The molecule has 1 aromatic carbocycles. The number of rotatable bonds is 4. The summed E-state index contributed by atoms with van der Waals surface area (Å²) in [5, 5.41) is 2.46. The molecular weight excluding hydrogens is 353 g/mol. The van der Waals surface area contributed by atoms with Crippen molar-refractivity contribution in [3.05, 3.63) is 35.4 Å². The van der Waals surface area contributed by atoms with Gasteiger partial charge in [0.25, 0.3) is 5.91 Å². The van der Waals surface area contributed by atoms with Crippen LogP contribution < -0.4 is 5.32 Å². The Balaban J connectivity index is 1.63. The van der Waals surface area contributed by atoms with Gasteiger partial charge in [-0.1, -0.05) is 18.2 Å². The minimum absolute atomic E-state index is 0.0554. The van der Waals surface area contributed by atoms with E-state index >= 15 is 0 Å². The Morgan fingerprint density at radius 2 is 2.00 bits per heavy atom. The minimum atomic E-state index is -4.50. The highest BCUT2D eigenvalue weighted by molar-refractivity contribution is 5.98. The molecule has 2 aliphatic rings. The van der Waals surface area contributed by atoms with Crippen LogP contribution in [0.3, 0.4) is 0 Å². The average Bonchev–Trinajstić information content (AvgIpc) is 3.28. The van der Waals surface area contributed by atoms with Gasteiger partial charge in [0.15, 0.2) is 6.10 Å². The number of carbonyl (C=O) groups is 3. The van der Waals surface area contributed by atoms with Gasteiger partial charge in [-0.2, -0.15) is 13.2 Å². The molecule has 3 rings (SSSR count). The van der Waals surface area contributed by atoms with Crippen LogP contribution in [0.1, 0.15) is 30.4 Å². The first-order chi connectivity index (χ1) is 12.2. The second kappa shape index (κ2) is 6.62. The molecule has 9 heteroatoms. The molecule has 0 aromatic heterocycles.